The van der Waals surface area contributed by atoms with Gasteiger partial charge in [0.15, 0.2) is 0 Å². The SMILES string of the molecule is CCOC(=O)CS[C@@H](CC)C(=O)Nc1nnc(-c2ccc(OC)cc2)s1. The molecule has 1 aromatic heterocycles. The summed E-state index contributed by atoms with van der Waals surface area (Å²) in [6.45, 7) is 3.98. The first kappa shape index (κ1) is 20.2. The molecule has 1 aromatic carbocycles. The highest BCUT2D eigenvalue weighted by atomic mass is 32.2. The van der Waals surface area contributed by atoms with E-state index in [9.17, 15) is 9.59 Å². The third-order valence-corrected chi connectivity index (χ3v) is 5.60. The molecular formula is C17H21N3O4S2. The molecule has 0 aliphatic carbocycles. The number of ether oxygens (including phenoxy) is 2. The summed E-state index contributed by atoms with van der Waals surface area (Å²) >= 11 is 2.55. The molecule has 0 unspecified atom stereocenters. The minimum absolute atomic E-state index is 0.146. The van der Waals surface area contributed by atoms with E-state index in [4.69, 9.17) is 9.47 Å². The van der Waals surface area contributed by atoms with Crippen LogP contribution in [0.4, 0.5) is 5.13 Å². The van der Waals surface area contributed by atoms with Crippen molar-refractivity contribution in [1.82, 2.24) is 10.2 Å². The van der Waals surface area contributed by atoms with Crippen LogP contribution in [-0.2, 0) is 14.3 Å². The first-order valence-electron chi connectivity index (χ1n) is 8.13. The summed E-state index contributed by atoms with van der Waals surface area (Å²) in [6.07, 6.45) is 0.597. The number of benzene rings is 1. The van der Waals surface area contributed by atoms with E-state index >= 15 is 0 Å². The van der Waals surface area contributed by atoms with Crippen molar-refractivity contribution >= 4 is 40.1 Å². The van der Waals surface area contributed by atoms with Crippen molar-refractivity contribution in [2.75, 3.05) is 24.8 Å². The number of hydrogen-bond donors (Lipinski definition) is 1. The molecule has 140 valence electrons. The van der Waals surface area contributed by atoms with E-state index in [0.717, 1.165) is 11.3 Å². The molecule has 0 radical (unpaired) electrons. The summed E-state index contributed by atoms with van der Waals surface area (Å²) in [6, 6.07) is 7.45. The van der Waals surface area contributed by atoms with Gasteiger partial charge in [-0.15, -0.1) is 22.0 Å². The van der Waals surface area contributed by atoms with Crippen molar-refractivity contribution in [1.29, 1.82) is 0 Å². The van der Waals surface area contributed by atoms with Gasteiger partial charge in [0, 0.05) is 5.56 Å². The van der Waals surface area contributed by atoms with Gasteiger partial charge in [-0.25, -0.2) is 0 Å². The zero-order valence-electron chi connectivity index (χ0n) is 14.9. The fraction of sp³-hybridized carbons (Fsp3) is 0.412. The number of methoxy groups -OCH3 is 1. The lowest BCUT2D eigenvalue weighted by Gasteiger charge is -2.12. The number of rotatable bonds is 9. The highest BCUT2D eigenvalue weighted by molar-refractivity contribution is 8.01. The molecule has 2 rings (SSSR count). The largest absolute Gasteiger partial charge is 0.497 e. The number of nitrogens with zero attached hydrogens (tertiary/aromatic N) is 2. The second kappa shape index (κ2) is 10.1. The average Bonchev–Trinajstić information content (AvgIpc) is 3.11. The smallest absolute Gasteiger partial charge is 0.315 e. The molecule has 1 heterocycles. The average molecular weight is 396 g/mol. The number of anilines is 1. The maximum atomic E-state index is 12.4. The molecule has 1 N–H and O–H groups in total. The van der Waals surface area contributed by atoms with Crippen molar-refractivity contribution in [2.24, 2.45) is 0 Å². The summed E-state index contributed by atoms with van der Waals surface area (Å²) in [4.78, 5) is 23.8. The Kier molecular flexibility index (Phi) is 7.86. The molecule has 0 aliphatic rings. The fourth-order valence-electron chi connectivity index (χ4n) is 2.06. The van der Waals surface area contributed by atoms with Crippen LogP contribution in [0.1, 0.15) is 20.3 Å². The Bertz CT molecular complexity index is 734. The van der Waals surface area contributed by atoms with Crippen molar-refractivity contribution in [3.63, 3.8) is 0 Å². The lowest BCUT2D eigenvalue weighted by atomic mass is 10.2. The third-order valence-electron chi connectivity index (χ3n) is 3.36. The summed E-state index contributed by atoms with van der Waals surface area (Å²) in [5.74, 6) is 0.393. The van der Waals surface area contributed by atoms with Gasteiger partial charge in [0.2, 0.25) is 11.0 Å². The molecule has 26 heavy (non-hydrogen) atoms. The van der Waals surface area contributed by atoms with Crippen molar-refractivity contribution in [2.45, 2.75) is 25.5 Å². The summed E-state index contributed by atoms with van der Waals surface area (Å²) < 4.78 is 10.0. The zero-order valence-corrected chi connectivity index (χ0v) is 16.5. The van der Waals surface area contributed by atoms with E-state index in [-0.39, 0.29) is 22.9 Å². The highest BCUT2D eigenvalue weighted by Gasteiger charge is 2.20. The van der Waals surface area contributed by atoms with Crippen LogP contribution in [0.3, 0.4) is 0 Å². The quantitative estimate of drug-likeness (QED) is 0.652. The molecular weight excluding hydrogens is 374 g/mol. The number of carbonyl (C=O) groups excluding carboxylic acids is 2. The first-order valence-corrected chi connectivity index (χ1v) is 9.99. The number of thioether (sulfide) groups is 1. The maximum Gasteiger partial charge on any atom is 0.315 e. The topological polar surface area (TPSA) is 90.4 Å². The van der Waals surface area contributed by atoms with Gasteiger partial charge in [0.25, 0.3) is 0 Å². The van der Waals surface area contributed by atoms with E-state index < -0.39 is 0 Å². The Hall–Kier alpha value is -2.13. The first-order chi connectivity index (χ1) is 12.6. The Labute approximate surface area is 160 Å². The molecule has 7 nitrogen and oxygen atoms in total. The van der Waals surface area contributed by atoms with Crippen LogP contribution in [0.2, 0.25) is 0 Å². The van der Waals surface area contributed by atoms with E-state index in [1.165, 1.54) is 23.1 Å². The van der Waals surface area contributed by atoms with Gasteiger partial charge in [-0.05, 0) is 37.6 Å². The minimum atomic E-state index is -0.354. The molecule has 0 aliphatic heterocycles. The van der Waals surface area contributed by atoms with Gasteiger partial charge >= 0.3 is 5.97 Å². The summed E-state index contributed by atoms with van der Waals surface area (Å²) in [5.41, 5.74) is 0.896. The van der Waals surface area contributed by atoms with Crippen LogP contribution in [0.25, 0.3) is 10.6 Å². The molecule has 2 aromatic rings. The lowest BCUT2D eigenvalue weighted by Crippen LogP contribution is -2.26. The number of esters is 1. The van der Waals surface area contributed by atoms with E-state index in [0.29, 0.717) is 23.2 Å². The fourth-order valence-corrected chi connectivity index (χ4v) is 3.68. The van der Waals surface area contributed by atoms with Gasteiger partial charge in [0.1, 0.15) is 10.8 Å². The Morgan fingerprint density at radius 3 is 2.58 bits per heavy atom. The number of nitrogens with one attached hydrogen (secondary N) is 1. The molecule has 1 amide bonds. The van der Waals surface area contributed by atoms with Crippen LogP contribution in [-0.4, -0.2) is 46.8 Å². The molecule has 0 saturated carbocycles. The van der Waals surface area contributed by atoms with Crippen molar-refractivity contribution in [3.05, 3.63) is 24.3 Å². The van der Waals surface area contributed by atoms with Gasteiger partial charge in [0.05, 0.1) is 24.7 Å². The Balaban J connectivity index is 1.95. The number of aromatic nitrogens is 2. The Morgan fingerprint density at radius 2 is 1.96 bits per heavy atom. The standard InChI is InChI=1S/C17H21N3O4S2/c1-4-13(25-10-14(21)24-5-2)15(22)18-17-20-19-16(26-17)11-6-8-12(23-3)9-7-11/h6-9,13H,4-5,10H2,1-3H3,(H,18,20,22)/t13-/m0/s1. The van der Waals surface area contributed by atoms with Crippen LogP contribution in [0, 0.1) is 0 Å². The monoisotopic (exact) mass is 395 g/mol. The van der Waals surface area contributed by atoms with Crippen molar-refractivity contribution < 1.29 is 19.1 Å². The molecule has 0 spiro atoms. The minimum Gasteiger partial charge on any atom is -0.497 e. The number of amides is 1. The van der Waals surface area contributed by atoms with Gasteiger partial charge in [-0.2, -0.15) is 0 Å². The second-order valence-corrected chi connectivity index (χ2v) is 7.31. The molecule has 1 atom stereocenters. The van der Waals surface area contributed by atoms with Gasteiger partial charge < -0.3 is 9.47 Å². The van der Waals surface area contributed by atoms with E-state index in [2.05, 4.69) is 15.5 Å². The maximum absolute atomic E-state index is 12.4. The number of carbonyl (C=O) groups is 2. The predicted molar refractivity (Wildman–Crippen MR) is 104 cm³/mol. The summed E-state index contributed by atoms with van der Waals surface area (Å²) in [5, 5.41) is 11.7. The van der Waals surface area contributed by atoms with E-state index in [1.54, 1.807) is 14.0 Å². The van der Waals surface area contributed by atoms with Crippen LogP contribution in [0.5, 0.6) is 5.75 Å². The third kappa shape index (κ3) is 5.70. The predicted octanol–water partition coefficient (Wildman–Crippen LogP) is 3.23. The van der Waals surface area contributed by atoms with Crippen LogP contribution in [0.15, 0.2) is 24.3 Å². The van der Waals surface area contributed by atoms with Gasteiger partial charge in [-0.1, -0.05) is 18.3 Å². The molecule has 0 saturated heterocycles. The normalized spacial score (nSPS) is 11.7. The zero-order chi connectivity index (χ0) is 18.9. The van der Waals surface area contributed by atoms with Crippen molar-refractivity contribution in [3.8, 4) is 16.3 Å². The molecule has 9 heteroatoms. The van der Waals surface area contributed by atoms with Crippen LogP contribution < -0.4 is 10.1 Å². The molecule has 0 bridgehead atoms. The van der Waals surface area contributed by atoms with Gasteiger partial charge in [-0.3, -0.25) is 14.9 Å². The van der Waals surface area contributed by atoms with Crippen LogP contribution >= 0.6 is 23.1 Å². The second-order valence-electron chi connectivity index (χ2n) is 5.14. The highest BCUT2D eigenvalue weighted by Crippen LogP contribution is 2.28. The molecule has 0 fully saturated rings. The Morgan fingerprint density at radius 1 is 1.23 bits per heavy atom. The van der Waals surface area contributed by atoms with E-state index in [1.807, 2.05) is 31.2 Å². The lowest BCUT2D eigenvalue weighted by molar-refractivity contribution is -0.139. The number of hydrogen-bond acceptors (Lipinski definition) is 8. The summed E-state index contributed by atoms with van der Waals surface area (Å²) in [7, 11) is 1.61.